The molecular weight excluding hydrogens is 306 g/mol. The zero-order valence-electron chi connectivity index (χ0n) is 9.86. The van der Waals surface area contributed by atoms with Crippen LogP contribution in [0.15, 0.2) is 53.5 Å². The van der Waals surface area contributed by atoms with Gasteiger partial charge in [-0.15, -0.1) is 0 Å². The average Bonchev–Trinajstić information content (AvgIpc) is 2.89. The molecule has 0 saturated carbocycles. The van der Waals surface area contributed by atoms with Crippen LogP contribution in [-0.4, -0.2) is 19.7 Å². The lowest BCUT2D eigenvalue weighted by Crippen LogP contribution is -2.00. The summed E-state index contributed by atoms with van der Waals surface area (Å²) in [6.45, 7) is 0. The van der Waals surface area contributed by atoms with Crippen molar-refractivity contribution in [3.05, 3.63) is 53.5 Å². The lowest BCUT2D eigenvalue weighted by atomic mass is 10.1. The summed E-state index contributed by atoms with van der Waals surface area (Å²) < 4.78 is 2.45. The first-order chi connectivity index (χ1) is 9.24. The van der Waals surface area contributed by atoms with Crippen LogP contribution < -0.4 is 5.73 Å². The third kappa shape index (κ3) is 2.34. The van der Waals surface area contributed by atoms with Crippen molar-refractivity contribution >= 4 is 21.6 Å². The number of hydrogen-bond acceptors (Lipinski definition) is 4. The largest absolute Gasteiger partial charge is 0.398 e. The number of rotatable bonds is 2. The lowest BCUT2D eigenvalue weighted by Gasteiger charge is -2.01. The molecule has 0 fully saturated rings. The summed E-state index contributed by atoms with van der Waals surface area (Å²) in [5.41, 5.74) is 8.55. The molecule has 0 unspecified atom stereocenters. The van der Waals surface area contributed by atoms with Gasteiger partial charge in [0.15, 0.2) is 0 Å². The number of para-hydroxylation sites is 1. The standard InChI is InChI=1S/C13H10BrN5/c14-10-6-16-13(17-7-10)19-8-9(5-18-19)11-3-1-2-4-12(11)15/h1-8H,15H2. The first-order valence-electron chi connectivity index (χ1n) is 5.61. The minimum atomic E-state index is 0.518. The number of anilines is 1. The van der Waals surface area contributed by atoms with Gasteiger partial charge in [-0.1, -0.05) is 18.2 Å². The van der Waals surface area contributed by atoms with Crippen LogP contribution in [0.2, 0.25) is 0 Å². The minimum absolute atomic E-state index is 0.518. The summed E-state index contributed by atoms with van der Waals surface area (Å²) in [5, 5.41) is 4.25. The molecule has 3 rings (SSSR count). The molecule has 0 aliphatic carbocycles. The quantitative estimate of drug-likeness (QED) is 0.738. The minimum Gasteiger partial charge on any atom is -0.398 e. The van der Waals surface area contributed by atoms with Crippen LogP contribution in [-0.2, 0) is 0 Å². The van der Waals surface area contributed by atoms with Gasteiger partial charge in [0.05, 0.1) is 10.7 Å². The maximum atomic E-state index is 5.95. The van der Waals surface area contributed by atoms with Gasteiger partial charge in [0, 0.05) is 35.4 Å². The van der Waals surface area contributed by atoms with Gasteiger partial charge < -0.3 is 5.73 Å². The predicted octanol–water partition coefficient (Wildman–Crippen LogP) is 2.67. The van der Waals surface area contributed by atoms with Crippen LogP contribution in [0.5, 0.6) is 0 Å². The molecule has 0 amide bonds. The van der Waals surface area contributed by atoms with E-state index >= 15 is 0 Å². The van der Waals surface area contributed by atoms with Gasteiger partial charge in [0.25, 0.3) is 5.95 Å². The molecule has 2 aromatic heterocycles. The van der Waals surface area contributed by atoms with E-state index in [2.05, 4.69) is 31.0 Å². The van der Waals surface area contributed by atoms with Crippen molar-refractivity contribution in [3.63, 3.8) is 0 Å². The number of nitrogen functional groups attached to an aromatic ring is 1. The van der Waals surface area contributed by atoms with Crippen molar-refractivity contribution in [2.45, 2.75) is 0 Å². The van der Waals surface area contributed by atoms with Crippen LogP contribution in [0, 0.1) is 0 Å². The maximum Gasteiger partial charge on any atom is 0.250 e. The molecule has 0 spiro atoms. The van der Waals surface area contributed by atoms with E-state index in [1.165, 1.54) is 0 Å². The summed E-state index contributed by atoms with van der Waals surface area (Å²) >= 11 is 3.30. The fraction of sp³-hybridized carbons (Fsp3) is 0. The number of benzene rings is 1. The molecule has 0 atom stereocenters. The van der Waals surface area contributed by atoms with Crippen LogP contribution in [0.25, 0.3) is 17.1 Å². The molecular formula is C13H10BrN5. The first-order valence-corrected chi connectivity index (χ1v) is 6.41. The highest BCUT2D eigenvalue weighted by Crippen LogP contribution is 2.25. The van der Waals surface area contributed by atoms with Gasteiger partial charge in [-0.3, -0.25) is 0 Å². The van der Waals surface area contributed by atoms with E-state index in [0.717, 1.165) is 21.3 Å². The van der Waals surface area contributed by atoms with E-state index in [4.69, 9.17) is 5.73 Å². The van der Waals surface area contributed by atoms with Crippen molar-refractivity contribution in [2.24, 2.45) is 0 Å². The average molecular weight is 316 g/mol. The molecule has 0 saturated heterocycles. The Morgan fingerprint density at radius 2 is 1.79 bits per heavy atom. The zero-order valence-corrected chi connectivity index (χ0v) is 11.4. The third-order valence-electron chi connectivity index (χ3n) is 2.67. The van der Waals surface area contributed by atoms with Crippen molar-refractivity contribution in [2.75, 3.05) is 5.73 Å². The highest BCUT2D eigenvalue weighted by atomic mass is 79.9. The first kappa shape index (κ1) is 11.9. The Hall–Kier alpha value is -2.21. The lowest BCUT2D eigenvalue weighted by molar-refractivity contribution is 0.806. The molecule has 0 aliphatic heterocycles. The van der Waals surface area contributed by atoms with E-state index in [1.54, 1.807) is 23.3 Å². The van der Waals surface area contributed by atoms with Crippen molar-refractivity contribution in [1.82, 2.24) is 19.7 Å². The predicted molar refractivity (Wildman–Crippen MR) is 76.7 cm³/mol. The Bertz CT molecular complexity index is 705. The number of halogens is 1. The number of aromatic nitrogens is 4. The smallest absolute Gasteiger partial charge is 0.250 e. The number of nitrogens with zero attached hydrogens (tertiary/aromatic N) is 4. The van der Waals surface area contributed by atoms with Crippen LogP contribution in [0.1, 0.15) is 0 Å². The molecule has 0 aliphatic rings. The van der Waals surface area contributed by atoms with Gasteiger partial charge in [0.1, 0.15) is 0 Å². The normalized spacial score (nSPS) is 10.6. The Labute approximate surface area is 118 Å². The zero-order chi connectivity index (χ0) is 13.2. The molecule has 2 N–H and O–H groups in total. The van der Waals surface area contributed by atoms with Crippen LogP contribution >= 0.6 is 15.9 Å². The number of nitrogens with two attached hydrogens (primary N) is 1. The third-order valence-corrected chi connectivity index (χ3v) is 3.08. The molecule has 19 heavy (non-hydrogen) atoms. The topological polar surface area (TPSA) is 69.6 Å². The second kappa shape index (κ2) is 4.81. The molecule has 94 valence electrons. The Morgan fingerprint density at radius 1 is 1.05 bits per heavy atom. The molecule has 1 aromatic carbocycles. The highest BCUT2D eigenvalue weighted by molar-refractivity contribution is 9.10. The fourth-order valence-electron chi connectivity index (χ4n) is 1.75. The van der Waals surface area contributed by atoms with Gasteiger partial charge >= 0.3 is 0 Å². The monoisotopic (exact) mass is 315 g/mol. The second-order valence-corrected chi connectivity index (χ2v) is 4.88. The highest BCUT2D eigenvalue weighted by Gasteiger charge is 2.07. The van der Waals surface area contributed by atoms with Gasteiger partial charge in [-0.2, -0.15) is 5.10 Å². The molecule has 6 heteroatoms. The van der Waals surface area contributed by atoms with Crippen molar-refractivity contribution in [3.8, 4) is 17.1 Å². The van der Waals surface area contributed by atoms with Crippen molar-refractivity contribution < 1.29 is 0 Å². The van der Waals surface area contributed by atoms with E-state index in [0.29, 0.717) is 5.95 Å². The van der Waals surface area contributed by atoms with E-state index < -0.39 is 0 Å². The van der Waals surface area contributed by atoms with E-state index in [1.807, 2.05) is 30.5 Å². The number of hydrogen-bond donors (Lipinski definition) is 1. The summed E-state index contributed by atoms with van der Waals surface area (Å²) in [7, 11) is 0. The van der Waals surface area contributed by atoms with E-state index in [9.17, 15) is 0 Å². The second-order valence-electron chi connectivity index (χ2n) is 3.96. The Morgan fingerprint density at radius 3 is 2.53 bits per heavy atom. The molecule has 3 aromatic rings. The Kier molecular flexibility index (Phi) is 3.00. The van der Waals surface area contributed by atoms with Gasteiger partial charge in [0.2, 0.25) is 0 Å². The summed E-state index contributed by atoms with van der Waals surface area (Å²) in [6, 6.07) is 7.67. The van der Waals surface area contributed by atoms with Crippen LogP contribution in [0.4, 0.5) is 5.69 Å². The Balaban J connectivity index is 2.00. The molecule has 2 heterocycles. The van der Waals surface area contributed by atoms with Crippen molar-refractivity contribution in [1.29, 1.82) is 0 Å². The molecule has 5 nitrogen and oxygen atoms in total. The fourth-order valence-corrected chi connectivity index (χ4v) is 1.96. The van der Waals surface area contributed by atoms with Gasteiger partial charge in [-0.25, -0.2) is 14.6 Å². The molecule has 0 radical (unpaired) electrons. The molecule has 0 bridgehead atoms. The summed E-state index contributed by atoms with van der Waals surface area (Å²) in [5.74, 6) is 0.518. The van der Waals surface area contributed by atoms with E-state index in [-0.39, 0.29) is 0 Å². The van der Waals surface area contributed by atoms with Gasteiger partial charge in [-0.05, 0) is 22.0 Å². The SMILES string of the molecule is Nc1ccccc1-c1cnn(-c2ncc(Br)cn2)c1. The summed E-state index contributed by atoms with van der Waals surface area (Å²) in [6.07, 6.45) is 6.97. The van der Waals surface area contributed by atoms with Crippen LogP contribution in [0.3, 0.4) is 0 Å². The summed E-state index contributed by atoms with van der Waals surface area (Å²) in [4.78, 5) is 8.38. The maximum absolute atomic E-state index is 5.95.